The lowest BCUT2D eigenvalue weighted by Gasteiger charge is -2.27. The van der Waals surface area contributed by atoms with Crippen LogP contribution in [-0.4, -0.2) is 35.7 Å². The molecule has 5 nitrogen and oxygen atoms in total. The third-order valence-corrected chi connectivity index (χ3v) is 5.17. The Morgan fingerprint density at radius 2 is 2.21 bits per heavy atom. The van der Waals surface area contributed by atoms with E-state index in [2.05, 4.69) is 21.2 Å². The lowest BCUT2D eigenvalue weighted by atomic mass is 10.0. The molecule has 1 aliphatic rings. The fourth-order valence-corrected chi connectivity index (χ4v) is 3.29. The lowest BCUT2D eigenvalue weighted by Crippen LogP contribution is -2.52. The monoisotopic (exact) mass is 344 g/mol. The molecule has 3 amide bonds. The predicted molar refractivity (Wildman–Crippen MR) is 75.0 cm³/mol. The van der Waals surface area contributed by atoms with Crippen molar-refractivity contribution < 1.29 is 14.4 Å². The van der Waals surface area contributed by atoms with Crippen LogP contribution in [0.4, 0.5) is 0 Å². The maximum Gasteiger partial charge on any atom is 0.262 e. The van der Waals surface area contributed by atoms with E-state index < -0.39 is 6.04 Å². The van der Waals surface area contributed by atoms with Crippen LogP contribution in [0.3, 0.4) is 0 Å². The van der Waals surface area contributed by atoms with Crippen molar-refractivity contribution in [2.24, 2.45) is 0 Å². The number of nitrogens with zero attached hydrogens (tertiary/aromatic N) is 1. The van der Waals surface area contributed by atoms with E-state index in [9.17, 15) is 14.4 Å². The number of likely N-dealkylation sites (N-methyl/N-ethyl adjacent to an activating group) is 1. The van der Waals surface area contributed by atoms with Gasteiger partial charge in [0.1, 0.15) is 6.04 Å². The van der Waals surface area contributed by atoms with E-state index in [1.54, 1.807) is 6.07 Å². The summed E-state index contributed by atoms with van der Waals surface area (Å²) in [6.45, 7) is 1.90. The van der Waals surface area contributed by atoms with Crippen molar-refractivity contribution in [1.82, 2.24) is 10.2 Å². The number of amides is 3. The summed E-state index contributed by atoms with van der Waals surface area (Å²) in [6.07, 6.45) is 0.639. The second-order valence-corrected chi connectivity index (χ2v) is 6.79. The first-order chi connectivity index (χ1) is 8.90. The molecule has 0 aliphatic carbocycles. The average Bonchev–Trinajstić information content (AvgIpc) is 2.70. The van der Waals surface area contributed by atoms with Crippen LogP contribution in [0.2, 0.25) is 0 Å². The number of hydrogen-bond donors (Lipinski definition) is 1. The lowest BCUT2D eigenvalue weighted by molar-refractivity contribution is -0.147. The fourth-order valence-electron chi connectivity index (χ4n) is 1.85. The molecule has 1 aliphatic heterocycles. The zero-order chi connectivity index (χ0) is 14.2. The van der Waals surface area contributed by atoms with Gasteiger partial charge in [-0.25, -0.2) is 0 Å². The Balaban J connectivity index is 2.07. The molecule has 1 saturated heterocycles. The Bertz CT molecular complexity index is 536. The van der Waals surface area contributed by atoms with Gasteiger partial charge in [-0.2, -0.15) is 0 Å². The van der Waals surface area contributed by atoms with Gasteiger partial charge in [0.05, 0.1) is 8.66 Å². The molecule has 1 unspecified atom stereocenters. The van der Waals surface area contributed by atoms with Gasteiger partial charge in [-0.1, -0.05) is 0 Å². The number of likely N-dealkylation sites (tertiary alicyclic amines) is 1. The molecule has 2 heterocycles. The quantitative estimate of drug-likeness (QED) is 0.830. The first kappa shape index (κ1) is 14.2. The Hall–Kier alpha value is -1.21. The number of nitrogens with one attached hydrogen (secondary N) is 1. The van der Waals surface area contributed by atoms with Crippen LogP contribution >= 0.6 is 27.3 Å². The molecular weight excluding hydrogens is 332 g/mol. The van der Waals surface area contributed by atoms with Crippen LogP contribution in [0.1, 0.15) is 28.1 Å². The number of halogens is 1. The summed E-state index contributed by atoms with van der Waals surface area (Å²) >= 11 is 4.68. The summed E-state index contributed by atoms with van der Waals surface area (Å²) in [7, 11) is 1.44. The summed E-state index contributed by atoms with van der Waals surface area (Å²) in [6, 6.07) is 1.16. The van der Waals surface area contributed by atoms with E-state index in [-0.39, 0.29) is 24.1 Å². The Labute approximate surface area is 123 Å². The summed E-state index contributed by atoms with van der Waals surface area (Å²) in [5, 5.41) is 2.68. The zero-order valence-electron chi connectivity index (χ0n) is 10.5. The number of imide groups is 1. The highest BCUT2D eigenvalue weighted by Crippen LogP contribution is 2.27. The predicted octanol–water partition coefficient (Wildman–Crippen LogP) is 1.70. The minimum atomic E-state index is -0.614. The molecule has 0 saturated carbocycles. The normalized spacial score (nSPS) is 19.7. The molecule has 0 spiro atoms. The van der Waals surface area contributed by atoms with Crippen molar-refractivity contribution in [2.45, 2.75) is 25.8 Å². The number of piperidine rings is 1. The van der Waals surface area contributed by atoms with Gasteiger partial charge in [-0.05, 0) is 40.9 Å². The molecule has 1 atom stereocenters. The Kier molecular flexibility index (Phi) is 4.05. The number of carbonyl (C=O) groups is 3. The topological polar surface area (TPSA) is 66.5 Å². The molecule has 1 fully saturated rings. The number of thiophene rings is 1. The van der Waals surface area contributed by atoms with E-state index in [1.807, 2.05) is 6.92 Å². The highest BCUT2D eigenvalue weighted by atomic mass is 79.9. The molecule has 1 N–H and O–H groups in total. The van der Waals surface area contributed by atoms with E-state index in [0.717, 1.165) is 14.2 Å². The third kappa shape index (κ3) is 2.87. The molecule has 2 rings (SSSR count). The van der Waals surface area contributed by atoms with Crippen LogP contribution in [0.25, 0.3) is 0 Å². The van der Waals surface area contributed by atoms with Crippen molar-refractivity contribution in [3.8, 4) is 0 Å². The standard InChI is InChI=1S/C12H13BrN2O3S/c1-6-5-8(19-10(6)13)11(17)14-7-3-4-9(16)15(2)12(7)18/h5,7H,3-4H2,1-2H3,(H,14,17). The van der Waals surface area contributed by atoms with Crippen LogP contribution in [-0.2, 0) is 9.59 Å². The Morgan fingerprint density at radius 1 is 1.53 bits per heavy atom. The molecule has 1 aromatic heterocycles. The van der Waals surface area contributed by atoms with Crippen molar-refractivity contribution in [3.63, 3.8) is 0 Å². The van der Waals surface area contributed by atoms with Gasteiger partial charge < -0.3 is 5.32 Å². The highest BCUT2D eigenvalue weighted by Gasteiger charge is 2.33. The van der Waals surface area contributed by atoms with Crippen LogP contribution in [0, 0.1) is 6.92 Å². The second kappa shape index (κ2) is 5.42. The van der Waals surface area contributed by atoms with Gasteiger partial charge in [0.25, 0.3) is 11.8 Å². The minimum absolute atomic E-state index is 0.204. The first-order valence-electron chi connectivity index (χ1n) is 5.77. The van der Waals surface area contributed by atoms with Gasteiger partial charge in [0.15, 0.2) is 0 Å². The molecule has 102 valence electrons. The zero-order valence-corrected chi connectivity index (χ0v) is 12.9. The van der Waals surface area contributed by atoms with E-state index in [1.165, 1.54) is 18.4 Å². The van der Waals surface area contributed by atoms with Gasteiger partial charge in [-0.15, -0.1) is 11.3 Å². The highest BCUT2D eigenvalue weighted by molar-refractivity contribution is 9.11. The van der Waals surface area contributed by atoms with Gasteiger partial charge >= 0.3 is 0 Å². The molecule has 0 aromatic carbocycles. The van der Waals surface area contributed by atoms with Crippen LogP contribution in [0.15, 0.2) is 9.85 Å². The van der Waals surface area contributed by atoms with E-state index in [4.69, 9.17) is 0 Å². The summed E-state index contributed by atoms with van der Waals surface area (Å²) in [4.78, 5) is 36.9. The molecule has 19 heavy (non-hydrogen) atoms. The third-order valence-electron chi connectivity index (χ3n) is 3.04. The van der Waals surface area contributed by atoms with E-state index in [0.29, 0.717) is 11.3 Å². The molecule has 0 bridgehead atoms. The van der Waals surface area contributed by atoms with Crippen LogP contribution < -0.4 is 5.32 Å². The summed E-state index contributed by atoms with van der Waals surface area (Å²) in [5.74, 6) is -0.831. The number of aryl methyl sites for hydroxylation is 1. The molecule has 7 heteroatoms. The number of rotatable bonds is 2. The SMILES string of the molecule is Cc1cc(C(=O)NC2CCC(=O)N(C)C2=O)sc1Br. The van der Waals surface area contributed by atoms with Crippen molar-refractivity contribution in [3.05, 3.63) is 20.3 Å². The fraction of sp³-hybridized carbons (Fsp3) is 0.417. The second-order valence-electron chi connectivity index (χ2n) is 4.42. The van der Waals surface area contributed by atoms with Gasteiger partial charge in [0, 0.05) is 13.5 Å². The number of hydrogen-bond acceptors (Lipinski definition) is 4. The Morgan fingerprint density at radius 3 is 2.79 bits per heavy atom. The summed E-state index contributed by atoms with van der Waals surface area (Å²) < 4.78 is 0.903. The van der Waals surface area contributed by atoms with Crippen molar-refractivity contribution >= 4 is 45.0 Å². The first-order valence-corrected chi connectivity index (χ1v) is 7.38. The molecule has 0 radical (unpaired) electrons. The largest absolute Gasteiger partial charge is 0.340 e. The maximum absolute atomic E-state index is 12.0. The minimum Gasteiger partial charge on any atom is -0.340 e. The molecule has 1 aromatic rings. The van der Waals surface area contributed by atoms with Gasteiger partial charge in [0.2, 0.25) is 5.91 Å². The maximum atomic E-state index is 12.0. The van der Waals surface area contributed by atoms with Gasteiger partial charge in [-0.3, -0.25) is 19.3 Å². The van der Waals surface area contributed by atoms with Crippen molar-refractivity contribution in [2.75, 3.05) is 7.05 Å². The van der Waals surface area contributed by atoms with Crippen molar-refractivity contribution in [1.29, 1.82) is 0 Å². The average molecular weight is 345 g/mol. The number of carbonyl (C=O) groups excluding carboxylic acids is 3. The molecular formula is C12H13BrN2O3S. The van der Waals surface area contributed by atoms with E-state index >= 15 is 0 Å². The smallest absolute Gasteiger partial charge is 0.262 e. The van der Waals surface area contributed by atoms with Crippen LogP contribution in [0.5, 0.6) is 0 Å². The summed E-state index contributed by atoms with van der Waals surface area (Å²) in [5.41, 5.74) is 0.984.